The van der Waals surface area contributed by atoms with E-state index < -0.39 is 53.8 Å². The Morgan fingerprint density at radius 1 is 1.07 bits per heavy atom. The highest BCUT2D eigenvalue weighted by atomic mass is 35.5. The average Bonchev–Trinajstić information content (AvgIpc) is 2.62. The van der Waals surface area contributed by atoms with Crippen molar-refractivity contribution in [3.63, 3.8) is 0 Å². The number of nitrogens with one attached hydrogen (secondary N) is 2. The highest BCUT2D eigenvalue weighted by molar-refractivity contribution is 6.36. The molecular weight excluding hydrogens is 465 g/mol. The number of carbonyl (C=O) groups excluding carboxylic acids is 2. The first-order valence-electron chi connectivity index (χ1n) is 7.79. The molecule has 0 aromatic heterocycles. The minimum Gasteiger partial charge on any atom is -0.489 e. The van der Waals surface area contributed by atoms with Crippen LogP contribution in [0.1, 0.15) is 10.4 Å². The molecule has 2 rings (SSSR count). The fourth-order valence-electron chi connectivity index (χ4n) is 2.03. The summed E-state index contributed by atoms with van der Waals surface area (Å²) in [5.74, 6) is -4.18. The summed E-state index contributed by atoms with van der Waals surface area (Å²) in [6.07, 6.45) is -8.39. The first-order chi connectivity index (χ1) is 13.9. The maximum Gasteiger partial charge on any atom is 0.423 e. The molecule has 162 valence electrons. The number of alkyl halides is 4. The molecule has 2 N–H and O–H groups in total. The summed E-state index contributed by atoms with van der Waals surface area (Å²) in [5, 5.41) is 3.10. The largest absolute Gasteiger partial charge is 0.489 e. The van der Waals surface area contributed by atoms with E-state index in [9.17, 15) is 35.9 Å². The Balaban J connectivity index is 2.07. The van der Waals surface area contributed by atoms with E-state index in [1.54, 1.807) is 5.32 Å². The second kappa shape index (κ2) is 9.43. The van der Waals surface area contributed by atoms with Gasteiger partial charge in [-0.25, -0.2) is 18.0 Å². The van der Waals surface area contributed by atoms with E-state index in [1.165, 1.54) is 0 Å². The van der Waals surface area contributed by atoms with E-state index in [4.69, 9.17) is 23.2 Å². The molecule has 0 saturated carbocycles. The Labute approximate surface area is 174 Å². The van der Waals surface area contributed by atoms with E-state index >= 15 is 0 Å². The lowest BCUT2D eigenvalue weighted by Crippen LogP contribution is -2.35. The van der Waals surface area contributed by atoms with Crippen LogP contribution in [0, 0.1) is 11.6 Å². The summed E-state index contributed by atoms with van der Waals surface area (Å²) in [6.45, 7) is -1.38. The Kier molecular flexibility index (Phi) is 7.43. The van der Waals surface area contributed by atoms with Gasteiger partial charge in [0.2, 0.25) is 6.17 Å². The van der Waals surface area contributed by atoms with Crippen molar-refractivity contribution in [2.24, 2.45) is 0 Å². The molecule has 5 nitrogen and oxygen atoms in total. The molecule has 0 spiro atoms. The van der Waals surface area contributed by atoms with Crippen molar-refractivity contribution in [3.05, 3.63) is 57.6 Å². The number of anilines is 1. The Hall–Kier alpha value is -2.66. The van der Waals surface area contributed by atoms with Gasteiger partial charge in [0, 0.05) is 6.07 Å². The number of ether oxygens (including phenoxy) is 1. The van der Waals surface area contributed by atoms with Crippen LogP contribution in [0.25, 0.3) is 0 Å². The van der Waals surface area contributed by atoms with Crippen molar-refractivity contribution in [2.45, 2.75) is 12.3 Å². The number of rotatable bonds is 5. The van der Waals surface area contributed by atoms with Crippen LogP contribution >= 0.6 is 23.2 Å². The number of halogens is 8. The molecular formula is C17H10Cl2F6N2O3. The molecule has 0 bridgehead atoms. The molecule has 0 aliphatic rings. The standard InChI is InChI=1S/C17H10Cl2F6N2O3/c18-7-5-12(30-6-13(22)17(23,24)25)8(19)4-11(7)26-16(29)27-15(28)14-9(20)2-1-3-10(14)21/h1-5,13H,6H2,(H2,26,27,28,29). The van der Waals surface area contributed by atoms with E-state index in [0.717, 1.165) is 30.3 Å². The van der Waals surface area contributed by atoms with Gasteiger partial charge in [-0.2, -0.15) is 13.2 Å². The minimum atomic E-state index is -5.12. The lowest BCUT2D eigenvalue weighted by molar-refractivity contribution is -0.187. The van der Waals surface area contributed by atoms with E-state index in [1.807, 2.05) is 0 Å². The maximum atomic E-state index is 13.6. The molecule has 13 heteroatoms. The second-order valence-electron chi connectivity index (χ2n) is 5.59. The summed E-state index contributed by atoms with van der Waals surface area (Å²) < 4.78 is 81.2. The highest BCUT2D eigenvalue weighted by Crippen LogP contribution is 2.35. The van der Waals surface area contributed by atoms with Gasteiger partial charge < -0.3 is 10.1 Å². The zero-order valence-electron chi connectivity index (χ0n) is 14.4. The Morgan fingerprint density at radius 2 is 1.67 bits per heavy atom. The molecule has 30 heavy (non-hydrogen) atoms. The van der Waals surface area contributed by atoms with Crippen LogP contribution in [0.5, 0.6) is 5.75 Å². The van der Waals surface area contributed by atoms with Crippen molar-refractivity contribution in [3.8, 4) is 5.75 Å². The fourth-order valence-corrected chi connectivity index (χ4v) is 2.45. The fraction of sp³-hybridized carbons (Fsp3) is 0.176. The Morgan fingerprint density at radius 3 is 2.23 bits per heavy atom. The number of hydrogen-bond donors (Lipinski definition) is 2. The van der Waals surface area contributed by atoms with Crippen molar-refractivity contribution in [1.82, 2.24) is 5.32 Å². The number of hydrogen-bond acceptors (Lipinski definition) is 3. The molecule has 0 aliphatic carbocycles. The normalized spacial score (nSPS) is 12.3. The first kappa shape index (κ1) is 23.6. The van der Waals surface area contributed by atoms with Gasteiger partial charge in [-0.05, 0) is 18.2 Å². The van der Waals surface area contributed by atoms with Gasteiger partial charge in [0.15, 0.2) is 0 Å². The molecule has 1 atom stereocenters. The van der Waals surface area contributed by atoms with Crippen LogP contribution in [0.4, 0.5) is 36.8 Å². The molecule has 0 fully saturated rings. The van der Waals surface area contributed by atoms with Gasteiger partial charge >= 0.3 is 12.2 Å². The predicted molar refractivity (Wildman–Crippen MR) is 95.8 cm³/mol. The van der Waals surface area contributed by atoms with Gasteiger partial charge in [-0.1, -0.05) is 29.3 Å². The smallest absolute Gasteiger partial charge is 0.423 e. The zero-order valence-corrected chi connectivity index (χ0v) is 15.9. The third-order valence-corrected chi connectivity index (χ3v) is 4.04. The summed E-state index contributed by atoms with van der Waals surface area (Å²) in [6, 6.07) is 3.26. The number of carbonyl (C=O) groups is 2. The summed E-state index contributed by atoms with van der Waals surface area (Å²) in [5.41, 5.74) is -1.22. The summed E-state index contributed by atoms with van der Waals surface area (Å²) >= 11 is 11.7. The van der Waals surface area contributed by atoms with Crippen LogP contribution in [0.3, 0.4) is 0 Å². The number of benzene rings is 2. The number of amides is 3. The van der Waals surface area contributed by atoms with Crippen LogP contribution < -0.4 is 15.4 Å². The van der Waals surface area contributed by atoms with E-state index in [0.29, 0.717) is 0 Å². The lowest BCUT2D eigenvalue weighted by Gasteiger charge is -2.15. The van der Waals surface area contributed by atoms with Gasteiger partial charge in [0.05, 0.1) is 15.7 Å². The average molecular weight is 475 g/mol. The number of urea groups is 1. The monoisotopic (exact) mass is 474 g/mol. The molecule has 0 heterocycles. The SMILES string of the molecule is O=C(NC(=O)c1c(F)cccc1F)Nc1cc(Cl)c(OCC(F)C(F)(F)F)cc1Cl. The number of imide groups is 1. The van der Waals surface area contributed by atoms with Gasteiger partial charge in [-0.15, -0.1) is 0 Å². The minimum absolute atomic E-state index is 0.221. The van der Waals surface area contributed by atoms with Gasteiger partial charge in [0.25, 0.3) is 5.91 Å². The molecule has 3 amide bonds. The molecule has 0 saturated heterocycles. The summed E-state index contributed by atoms with van der Waals surface area (Å²) in [4.78, 5) is 23.8. The maximum absolute atomic E-state index is 13.6. The quantitative estimate of drug-likeness (QED) is 0.561. The molecule has 1 unspecified atom stereocenters. The van der Waals surface area contributed by atoms with E-state index in [2.05, 4.69) is 10.1 Å². The lowest BCUT2D eigenvalue weighted by atomic mass is 10.2. The molecule has 0 radical (unpaired) electrons. The molecule has 2 aromatic rings. The van der Waals surface area contributed by atoms with Crippen LogP contribution in [-0.4, -0.2) is 30.9 Å². The third kappa shape index (κ3) is 5.92. The van der Waals surface area contributed by atoms with Crippen LogP contribution in [-0.2, 0) is 0 Å². The van der Waals surface area contributed by atoms with E-state index in [-0.39, 0.29) is 15.7 Å². The van der Waals surface area contributed by atoms with Gasteiger partial charge in [-0.3, -0.25) is 10.1 Å². The van der Waals surface area contributed by atoms with Crippen LogP contribution in [0.15, 0.2) is 30.3 Å². The topological polar surface area (TPSA) is 67.4 Å². The van der Waals surface area contributed by atoms with Crippen LogP contribution in [0.2, 0.25) is 10.0 Å². The predicted octanol–water partition coefficient (Wildman–Crippen LogP) is 5.51. The first-order valence-corrected chi connectivity index (χ1v) is 8.54. The van der Waals surface area contributed by atoms with Gasteiger partial charge in [0.1, 0.15) is 29.6 Å². The van der Waals surface area contributed by atoms with Crippen molar-refractivity contribution >= 4 is 40.8 Å². The van der Waals surface area contributed by atoms with Crippen molar-refractivity contribution in [1.29, 1.82) is 0 Å². The van der Waals surface area contributed by atoms with Crippen molar-refractivity contribution < 1.29 is 40.7 Å². The second-order valence-corrected chi connectivity index (χ2v) is 6.40. The highest BCUT2D eigenvalue weighted by Gasteiger charge is 2.40. The third-order valence-electron chi connectivity index (χ3n) is 3.43. The summed E-state index contributed by atoms with van der Waals surface area (Å²) in [7, 11) is 0. The Bertz CT molecular complexity index is 951. The zero-order chi connectivity index (χ0) is 22.6. The molecule has 0 aliphatic heterocycles. The molecule has 2 aromatic carbocycles. The van der Waals surface area contributed by atoms with Crippen molar-refractivity contribution in [2.75, 3.05) is 11.9 Å².